The molecule has 0 fully saturated rings. The maximum absolute atomic E-state index is 11.7. The summed E-state index contributed by atoms with van der Waals surface area (Å²) in [7, 11) is -3.35. The number of rotatable bonds is 8. The predicted molar refractivity (Wildman–Crippen MR) is 80.4 cm³/mol. The number of furan rings is 1. The van der Waals surface area contributed by atoms with Gasteiger partial charge in [-0.05, 0) is 30.7 Å². The lowest BCUT2D eigenvalue weighted by Gasteiger charge is -2.07. The lowest BCUT2D eigenvalue weighted by atomic mass is 10.4. The van der Waals surface area contributed by atoms with E-state index in [0.717, 1.165) is 12.2 Å². The Kier molecular flexibility index (Phi) is 5.15. The average Bonchev–Trinajstić information content (AvgIpc) is 2.97. The Bertz CT molecular complexity index is 639. The van der Waals surface area contributed by atoms with E-state index >= 15 is 0 Å². The molecule has 0 aliphatic carbocycles. The first-order valence-electron chi connectivity index (χ1n) is 6.69. The molecule has 0 radical (unpaired) electrons. The molecule has 7 nitrogen and oxygen atoms in total. The van der Waals surface area contributed by atoms with Crippen molar-refractivity contribution in [2.75, 3.05) is 15.8 Å². The molecule has 2 heterocycles. The van der Waals surface area contributed by atoms with Crippen LogP contribution >= 0.6 is 0 Å². The van der Waals surface area contributed by atoms with E-state index in [4.69, 9.17) is 4.42 Å². The zero-order chi connectivity index (χ0) is 15.1. The number of unbranched alkanes of at least 4 members (excludes halogenated alkanes) is 1. The molecule has 2 aromatic rings. The Labute approximate surface area is 123 Å². The zero-order valence-corrected chi connectivity index (χ0v) is 12.6. The molecule has 0 saturated carbocycles. The fraction of sp³-hybridized carbons (Fsp3) is 0.385. The Morgan fingerprint density at radius 3 is 2.57 bits per heavy atom. The SMILES string of the molecule is CCCCS(=O)(=O)Nc1ccc(NCc2ccco2)nn1. The summed E-state index contributed by atoms with van der Waals surface area (Å²) in [6.07, 6.45) is 3.03. The van der Waals surface area contributed by atoms with Crippen LogP contribution in [0.1, 0.15) is 25.5 Å². The standard InChI is InChI=1S/C13H18N4O3S/c1-2-3-9-21(18,19)17-13-7-6-12(15-16-13)14-10-11-5-4-8-20-11/h4-8H,2-3,9-10H2,1H3,(H,14,15)(H,16,17). The zero-order valence-electron chi connectivity index (χ0n) is 11.7. The van der Waals surface area contributed by atoms with Crippen molar-refractivity contribution in [1.82, 2.24) is 10.2 Å². The van der Waals surface area contributed by atoms with Crippen molar-refractivity contribution in [3.05, 3.63) is 36.3 Å². The summed E-state index contributed by atoms with van der Waals surface area (Å²) >= 11 is 0. The van der Waals surface area contributed by atoms with Crippen LogP contribution in [0.25, 0.3) is 0 Å². The summed E-state index contributed by atoms with van der Waals surface area (Å²) < 4.78 is 31.0. The van der Waals surface area contributed by atoms with Crippen LogP contribution < -0.4 is 10.0 Å². The summed E-state index contributed by atoms with van der Waals surface area (Å²) in [6.45, 7) is 2.43. The third kappa shape index (κ3) is 5.07. The normalized spacial score (nSPS) is 11.3. The van der Waals surface area contributed by atoms with E-state index in [1.807, 2.05) is 13.0 Å². The third-order valence-corrected chi connectivity index (χ3v) is 4.06. The molecule has 2 N–H and O–H groups in total. The van der Waals surface area contributed by atoms with Crippen LogP contribution in [-0.4, -0.2) is 24.4 Å². The first kappa shape index (κ1) is 15.3. The number of hydrogen-bond donors (Lipinski definition) is 2. The van der Waals surface area contributed by atoms with E-state index in [1.165, 1.54) is 0 Å². The molecule has 8 heteroatoms. The van der Waals surface area contributed by atoms with Gasteiger partial charge >= 0.3 is 0 Å². The maximum Gasteiger partial charge on any atom is 0.233 e. The van der Waals surface area contributed by atoms with Crippen LogP contribution in [0.5, 0.6) is 0 Å². The van der Waals surface area contributed by atoms with Crippen molar-refractivity contribution in [2.45, 2.75) is 26.3 Å². The van der Waals surface area contributed by atoms with Crippen LogP contribution in [0, 0.1) is 0 Å². The minimum atomic E-state index is -3.35. The summed E-state index contributed by atoms with van der Waals surface area (Å²) in [5.41, 5.74) is 0. The fourth-order valence-electron chi connectivity index (χ4n) is 1.62. The van der Waals surface area contributed by atoms with Gasteiger partial charge in [0.2, 0.25) is 10.0 Å². The lowest BCUT2D eigenvalue weighted by Crippen LogP contribution is -2.17. The van der Waals surface area contributed by atoms with Crippen molar-refractivity contribution in [3.8, 4) is 0 Å². The van der Waals surface area contributed by atoms with E-state index in [9.17, 15) is 8.42 Å². The number of nitrogens with one attached hydrogen (secondary N) is 2. The van der Waals surface area contributed by atoms with Gasteiger partial charge < -0.3 is 9.73 Å². The molecule has 0 amide bonds. The number of sulfonamides is 1. The van der Waals surface area contributed by atoms with Gasteiger partial charge in [-0.15, -0.1) is 10.2 Å². The Balaban J connectivity index is 1.89. The van der Waals surface area contributed by atoms with Crippen molar-refractivity contribution in [1.29, 1.82) is 0 Å². The molecule has 0 aromatic carbocycles. The first-order chi connectivity index (χ1) is 10.1. The summed E-state index contributed by atoms with van der Waals surface area (Å²) in [5, 5.41) is 10.8. The quantitative estimate of drug-likeness (QED) is 0.776. The number of aromatic nitrogens is 2. The van der Waals surface area contributed by atoms with Gasteiger partial charge in [-0.1, -0.05) is 13.3 Å². The van der Waals surface area contributed by atoms with Crippen molar-refractivity contribution in [3.63, 3.8) is 0 Å². The highest BCUT2D eigenvalue weighted by atomic mass is 32.2. The van der Waals surface area contributed by atoms with E-state index < -0.39 is 10.0 Å². The van der Waals surface area contributed by atoms with E-state index in [2.05, 4.69) is 20.2 Å². The van der Waals surface area contributed by atoms with Gasteiger partial charge in [-0.2, -0.15) is 0 Å². The molecule has 0 spiro atoms. The number of anilines is 2. The van der Waals surface area contributed by atoms with Gasteiger partial charge in [0.15, 0.2) is 5.82 Å². The smallest absolute Gasteiger partial charge is 0.233 e. The Morgan fingerprint density at radius 1 is 1.19 bits per heavy atom. The molecule has 0 bridgehead atoms. The molecular weight excluding hydrogens is 292 g/mol. The maximum atomic E-state index is 11.7. The molecule has 0 aliphatic heterocycles. The average molecular weight is 310 g/mol. The van der Waals surface area contributed by atoms with E-state index in [1.54, 1.807) is 24.5 Å². The van der Waals surface area contributed by atoms with Crippen LogP contribution in [0.3, 0.4) is 0 Å². The van der Waals surface area contributed by atoms with Crippen LogP contribution in [0.15, 0.2) is 34.9 Å². The lowest BCUT2D eigenvalue weighted by molar-refractivity contribution is 0.517. The summed E-state index contributed by atoms with van der Waals surface area (Å²) in [5.74, 6) is 1.63. The molecular formula is C13H18N4O3S. The molecule has 0 unspecified atom stereocenters. The van der Waals surface area contributed by atoms with Gasteiger partial charge in [0.25, 0.3) is 0 Å². The van der Waals surface area contributed by atoms with E-state index in [-0.39, 0.29) is 11.6 Å². The minimum Gasteiger partial charge on any atom is -0.467 e. The monoisotopic (exact) mass is 310 g/mol. The van der Waals surface area contributed by atoms with Crippen LogP contribution in [0.2, 0.25) is 0 Å². The van der Waals surface area contributed by atoms with Crippen molar-refractivity contribution in [2.24, 2.45) is 0 Å². The second-order valence-electron chi connectivity index (χ2n) is 4.51. The van der Waals surface area contributed by atoms with Gasteiger partial charge in [0, 0.05) is 0 Å². The highest BCUT2D eigenvalue weighted by Gasteiger charge is 2.10. The third-order valence-electron chi connectivity index (χ3n) is 2.72. The molecule has 2 rings (SSSR count). The fourth-order valence-corrected chi connectivity index (χ4v) is 2.81. The largest absolute Gasteiger partial charge is 0.467 e. The van der Waals surface area contributed by atoms with Gasteiger partial charge in [-0.25, -0.2) is 8.42 Å². The number of nitrogens with zero attached hydrogens (tertiary/aromatic N) is 2. The molecule has 0 atom stereocenters. The molecule has 114 valence electrons. The molecule has 0 aliphatic rings. The topological polar surface area (TPSA) is 97.1 Å². The number of hydrogen-bond acceptors (Lipinski definition) is 6. The second kappa shape index (κ2) is 7.07. The van der Waals surface area contributed by atoms with Gasteiger partial charge in [0.05, 0.1) is 18.6 Å². The summed E-state index contributed by atoms with van der Waals surface area (Å²) in [4.78, 5) is 0. The van der Waals surface area contributed by atoms with Crippen LogP contribution in [-0.2, 0) is 16.6 Å². The summed E-state index contributed by atoms with van der Waals surface area (Å²) in [6, 6.07) is 6.88. The van der Waals surface area contributed by atoms with Gasteiger partial charge in [-0.3, -0.25) is 4.72 Å². The predicted octanol–water partition coefficient (Wildman–Crippen LogP) is 2.22. The minimum absolute atomic E-state index is 0.0870. The van der Waals surface area contributed by atoms with E-state index in [0.29, 0.717) is 18.8 Å². The first-order valence-corrected chi connectivity index (χ1v) is 8.35. The molecule has 0 saturated heterocycles. The van der Waals surface area contributed by atoms with Gasteiger partial charge in [0.1, 0.15) is 11.6 Å². The molecule has 2 aromatic heterocycles. The molecule has 21 heavy (non-hydrogen) atoms. The van der Waals surface area contributed by atoms with Crippen molar-refractivity contribution >= 4 is 21.7 Å². The second-order valence-corrected chi connectivity index (χ2v) is 6.35. The Hall–Kier alpha value is -2.09. The highest BCUT2D eigenvalue weighted by molar-refractivity contribution is 7.92. The highest BCUT2D eigenvalue weighted by Crippen LogP contribution is 2.10. The Morgan fingerprint density at radius 2 is 1.95 bits per heavy atom. The van der Waals surface area contributed by atoms with Crippen LogP contribution in [0.4, 0.5) is 11.6 Å². The van der Waals surface area contributed by atoms with Crippen molar-refractivity contribution < 1.29 is 12.8 Å².